The van der Waals surface area contributed by atoms with E-state index in [0.29, 0.717) is 0 Å². The highest BCUT2D eigenvalue weighted by Gasteiger charge is 2.10. The Bertz CT molecular complexity index is 706. The van der Waals surface area contributed by atoms with Crippen LogP contribution in [-0.2, 0) is 6.54 Å². The van der Waals surface area contributed by atoms with Gasteiger partial charge < -0.3 is 9.88 Å². The van der Waals surface area contributed by atoms with Gasteiger partial charge in [0.2, 0.25) is 0 Å². The molecule has 3 aromatic rings. The summed E-state index contributed by atoms with van der Waals surface area (Å²) in [7, 11) is 0. The molecule has 21 heavy (non-hydrogen) atoms. The first-order valence-corrected chi connectivity index (χ1v) is 8.44. The fraction of sp³-hybridized carbons (Fsp3) is 0.188. The molecule has 0 amide bonds. The van der Waals surface area contributed by atoms with E-state index < -0.39 is 0 Å². The number of anilines is 1. The summed E-state index contributed by atoms with van der Waals surface area (Å²) in [6.07, 6.45) is 5.62. The van der Waals surface area contributed by atoms with Crippen molar-refractivity contribution >= 4 is 33.0 Å². The predicted molar refractivity (Wildman–Crippen MR) is 91.8 cm³/mol. The molecule has 108 valence electrons. The van der Waals surface area contributed by atoms with Gasteiger partial charge >= 0.3 is 0 Å². The molecule has 0 bridgehead atoms. The first-order chi connectivity index (χ1) is 10.2. The van der Waals surface area contributed by atoms with Crippen LogP contribution in [-0.4, -0.2) is 9.55 Å². The Morgan fingerprint density at radius 1 is 1.38 bits per heavy atom. The molecule has 1 aromatic carbocycles. The maximum Gasteiger partial charge on any atom is 0.0949 e. The molecule has 2 heterocycles. The van der Waals surface area contributed by atoms with Crippen LogP contribution in [0.2, 0.25) is 0 Å². The summed E-state index contributed by atoms with van der Waals surface area (Å²) in [5.74, 6) is 0. The van der Waals surface area contributed by atoms with Crippen LogP contribution in [0.5, 0.6) is 0 Å². The zero-order valence-electron chi connectivity index (χ0n) is 11.7. The third-order valence-corrected chi connectivity index (χ3v) is 5.33. The summed E-state index contributed by atoms with van der Waals surface area (Å²) in [5, 5.41) is 5.66. The van der Waals surface area contributed by atoms with E-state index in [-0.39, 0.29) is 6.04 Å². The molecule has 0 radical (unpaired) electrons. The second-order valence-electron chi connectivity index (χ2n) is 4.93. The molecule has 1 N–H and O–H groups in total. The van der Waals surface area contributed by atoms with Crippen LogP contribution in [0.3, 0.4) is 0 Å². The lowest BCUT2D eigenvalue weighted by molar-refractivity contribution is 0.797. The molecule has 2 aromatic heterocycles. The van der Waals surface area contributed by atoms with E-state index in [2.05, 4.69) is 73.4 Å². The summed E-state index contributed by atoms with van der Waals surface area (Å²) in [4.78, 5) is 5.39. The SMILES string of the molecule is CC(Nc1cccc(Cn2ccnc2)c1)c1sccc1Br. The Labute approximate surface area is 136 Å². The highest BCUT2D eigenvalue weighted by atomic mass is 79.9. The van der Waals surface area contributed by atoms with Crippen LogP contribution >= 0.6 is 27.3 Å². The molecule has 1 unspecified atom stereocenters. The minimum Gasteiger partial charge on any atom is -0.378 e. The van der Waals surface area contributed by atoms with Gasteiger partial charge in [-0.25, -0.2) is 4.98 Å². The first-order valence-electron chi connectivity index (χ1n) is 6.76. The topological polar surface area (TPSA) is 29.9 Å². The van der Waals surface area contributed by atoms with Crippen molar-refractivity contribution in [2.75, 3.05) is 5.32 Å². The molecule has 0 aliphatic carbocycles. The largest absolute Gasteiger partial charge is 0.378 e. The van der Waals surface area contributed by atoms with Gasteiger partial charge in [0.05, 0.1) is 12.4 Å². The Morgan fingerprint density at radius 2 is 2.29 bits per heavy atom. The average molecular weight is 362 g/mol. The van der Waals surface area contributed by atoms with Gasteiger partial charge in [-0.1, -0.05) is 12.1 Å². The number of halogens is 1. The normalized spacial score (nSPS) is 12.3. The van der Waals surface area contributed by atoms with Gasteiger partial charge in [-0.15, -0.1) is 11.3 Å². The van der Waals surface area contributed by atoms with E-state index in [1.54, 1.807) is 17.5 Å². The third-order valence-electron chi connectivity index (χ3n) is 3.27. The molecule has 0 aliphatic rings. The van der Waals surface area contributed by atoms with E-state index in [1.165, 1.54) is 14.9 Å². The summed E-state index contributed by atoms with van der Waals surface area (Å²) < 4.78 is 3.24. The maximum absolute atomic E-state index is 4.08. The molecule has 3 nitrogen and oxygen atoms in total. The number of hydrogen-bond donors (Lipinski definition) is 1. The number of benzene rings is 1. The van der Waals surface area contributed by atoms with Crippen LogP contribution < -0.4 is 5.32 Å². The van der Waals surface area contributed by atoms with Gasteiger partial charge in [-0.2, -0.15) is 0 Å². The number of nitrogens with zero attached hydrogens (tertiary/aromatic N) is 2. The zero-order chi connectivity index (χ0) is 14.7. The van der Waals surface area contributed by atoms with Crippen molar-refractivity contribution in [2.45, 2.75) is 19.5 Å². The van der Waals surface area contributed by atoms with E-state index in [1.807, 2.05) is 12.5 Å². The van der Waals surface area contributed by atoms with E-state index in [0.717, 1.165) is 12.2 Å². The maximum atomic E-state index is 4.08. The summed E-state index contributed by atoms with van der Waals surface area (Å²) in [5.41, 5.74) is 2.40. The quantitative estimate of drug-likeness (QED) is 0.698. The van der Waals surface area contributed by atoms with Crippen LogP contribution in [0.4, 0.5) is 5.69 Å². The first kappa shape index (κ1) is 14.4. The van der Waals surface area contributed by atoms with Gasteiger partial charge in [0.15, 0.2) is 0 Å². The lowest BCUT2D eigenvalue weighted by atomic mass is 10.1. The summed E-state index contributed by atoms with van der Waals surface area (Å²) in [6.45, 7) is 3.02. The smallest absolute Gasteiger partial charge is 0.0949 e. The number of imidazole rings is 1. The molecule has 0 saturated heterocycles. The lowest BCUT2D eigenvalue weighted by Gasteiger charge is -2.15. The van der Waals surface area contributed by atoms with Gasteiger partial charge in [0.25, 0.3) is 0 Å². The third kappa shape index (κ3) is 3.54. The number of aromatic nitrogens is 2. The van der Waals surface area contributed by atoms with Gasteiger partial charge in [-0.05, 0) is 52.0 Å². The van der Waals surface area contributed by atoms with Crippen molar-refractivity contribution in [3.8, 4) is 0 Å². The van der Waals surface area contributed by atoms with Gasteiger partial charge in [-0.3, -0.25) is 0 Å². The van der Waals surface area contributed by atoms with E-state index in [9.17, 15) is 0 Å². The van der Waals surface area contributed by atoms with Crippen molar-refractivity contribution in [3.63, 3.8) is 0 Å². The molecule has 0 spiro atoms. The Morgan fingerprint density at radius 3 is 3.00 bits per heavy atom. The number of thiophene rings is 1. The van der Waals surface area contributed by atoms with Crippen LogP contribution in [0.1, 0.15) is 23.4 Å². The average Bonchev–Trinajstić information content (AvgIpc) is 3.10. The molecular formula is C16H16BrN3S. The molecule has 0 aliphatic heterocycles. The van der Waals surface area contributed by atoms with Crippen molar-refractivity contribution in [1.82, 2.24) is 9.55 Å². The zero-order valence-corrected chi connectivity index (χ0v) is 14.1. The monoisotopic (exact) mass is 361 g/mol. The van der Waals surface area contributed by atoms with Gasteiger partial charge in [0.1, 0.15) is 0 Å². The Hall–Kier alpha value is -1.59. The Balaban J connectivity index is 1.72. The number of hydrogen-bond acceptors (Lipinski definition) is 3. The number of rotatable bonds is 5. The van der Waals surface area contributed by atoms with E-state index >= 15 is 0 Å². The highest BCUT2D eigenvalue weighted by Crippen LogP contribution is 2.31. The second kappa shape index (κ2) is 6.45. The van der Waals surface area contributed by atoms with Crippen molar-refractivity contribution in [3.05, 3.63) is 69.3 Å². The number of nitrogens with one attached hydrogen (secondary N) is 1. The highest BCUT2D eigenvalue weighted by molar-refractivity contribution is 9.10. The minimum atomic E-state index is 0.280. The second-order valence-corrected chi connectivity index (χ2v) is 6.74. The van der Waals surface area contributed by atoms with Gasteiger partial charge in [0, 0.05) is 34.0 Å². The van der Waals surface area contributed by atoms with Crippen molar-refractivity contribution in [2.24, 2.45) is 0 Å². The summed E-state index contributed by atoms with van der Waals surface area (Å²) >= 11 is 5.36. The molecule has 0 saturated carbocycles. The van der Waals surface area contributed by atoms with Crippen molar-refractivity contribution < 1.29 is 0 Å². The molecule has 0 fully saturated rings. The Kier molecular flexibility index (Phi) is 4.41. The van der Waals surface area contributed by atoms with E-state index in [4.69, 9.17) is 0 Å². The molecule has 1 atom stereocenters. The van der Waals surface area contributed by atoms with Crippen LogP contribution in [0.15, 0.2) is 58.9 Å². The molecule has 3 rings (SSSR count). The minimum absolute atomic E-state index is 0.280. The van der Waals surface area contributed by atoms with Crippen molar-refractivity contribution in [1.29, 1.82) is 0 Å². The molecular weight excluding hydrogens is 346 g/mol. The standard InChI is InChI=1S/C16H16BrN3S/c1-12(16-15(17)5-8-21-16)19-14-4-2-3-13(9-14)10-20-7-6-18-11-20/h2-9,11-12,19H,10H2,1H3. The van der Waals surface area contributed by atoms with Crippen LogP contribution in [0.25, 0.3) is 0 Å². The van der Waals surface area contributed by atoms with Crippen LogP contribution in [0, 0.1) is 0 Å². The summed E-state index contributed by atoms with van der Waals surface area (Å²) in [6, 6.07) is 10.9. The predicted octanol–water partition coefficient (Wildman–Crippen LogP) is 4.93. The fourth-order valence-corrected chi connectivity index (χ4v) is 4.01. The lowest BCUT2D eigenvalue weighted by Crippen LogP contribution is -2.06. The fourth-order valence-electron chi connectivity index (χ4n) is 2.28. The molecule has 5 heteroatoms.